The van der Waals surface area contributed by atoms with Crippen molar-refractivity contribution in [2.45, 2.75) is 38.1 Å². The van der Waals surface area contributed by atoms with Crippen molar-refractivity contribution in [3.63, 3.8) is 0 Å². The molecule has 12 heteroatoms. The summed E-state index contributed by atoms with van der Waals surface area (Å²) >= 11 is 0. The molecule has 0 aromatic heterocycles. The quantitative estimate of drug-likeness (QED) is 0.347. The fraction of sp³-hybridized carbons (Fsp3) is 0.419. The SMILES string of the molecule is COC(=O)C1=C(C)N=C(C)N(CC(=O)NCCN2CCC(C(=O)OC)(c3ccccc3)CC2)C1c1cc(F)c(F)c(F)c1. The van der Waals surface area contributed by atoms with Crippen LogP contribution in [-0.2, 0) is 29.3 Å². The molecular weight excluding hydrogens is 565 g/mol. The van der Waals surface area contributed by atoms with Gasteiger partial charge in [0.2, 0.25) is 5.91 Å². The van der Waals surface area contributed by atoms with Gasteiger partial charge in [-0.15, -0.1) is 0 Å². The molecule has 1 saturated heterocycles. The molecule has 1 N–H and O–H groups in total. The molecule has 0 aliphatic carbocycles. The molecule has 0 bridgehead atoms. The minimum absolute atomic E-state index is 0.0212. The summed E-state index contributed by atoms with van der Waals surface area (Å²) in [5, 5.41) is 2.85. The number of carbonyl (C=O) groups is 3. The van der Waals surface area contributed by atoms with Gasteiger partial charge in [0.05, 0.1) is 43.5 Å². The molecule has 43 heavy (non-hydrogen) atoms. The number of amides is 1. The maximum Gasteiger partial charge on any atom is 0.338 e. The summed E-state index contributed by atoms with van der Waals surface area (Å²) in [4.78, 5) is 46.5. The van der Waals surface area contributed by atoms with Crippen LogP contribution in [0, 0.1) is 17.5 Å². The molecule has 4 rings (SSSR count). The third-order valence-corrected chi connectivity index (χ3v) is 8.12. The van der Waals surface area contributed by atoms with Crippen molar-refractivity contribution in [1.82, 2.24) is 15.1 Å². The van der Waals surface area contributed by atoms with Crippen molar-refractivity contribution < 1.29 is 37.0 Å². The highest BCUT2D eigenvalue weighted by Gasteiger charge is 2.44. The number of nitrogens with one attached hydrogen (secondary N) is 1. The van der Waals surface area contributed by atoms with Crippen LogP contribution in [0.2, 0.25) is 0 Å². The molecule has 2 aromatic rings. The first-order valence-electron chi connectivity index (χ1n) is 13.9. The van der Waals surface area contributed by atoms with Gasteiger partial charge in [-0.25, -0.2) is 23.0 Å². The standard InChI is InChI=1S/C31H35F3N4O5/c1-19-26(29(40)42-3)28(21-16-23(32)27(34)24(33)17-21)38(20(2)36-19)18-25(39)35-12-15-37-13-10-31(11-14-37,30(41)43-4)22-8-6-5-7-9-22/h5-9,16-17,28H,10-15,18H2,1-4H3,(H,35,39). The predicted molar refractivity (Wildman–Crippen MR) is 152 cm³/mol. The van der Waals surface area contributed by atoms with Gasteiger partial charge in [-0.2, -0.15) is 0 Å². The van der Waals surface area contributed by atoms with Gasteiger partial charge < -0.3 is 24.6 Å². The van der Waals surface area contributed by atoms with Gasteiger partial charge in [0, 0.05) is 13.1 Å². The Balaban J connectivity index is 1.43. The van der Waals surface area contributed by atoms with Crippen molar-refractivity contribution in [3.05, 3.63) is 82.3 Å². The van der Waals surface area contributed by atoms with Crippen LogP contribution < -0.4 is 5.32 Å². The van der Waals surface area contributed by atoms with Gasteiger partial charge in [0.1, 0.15) is 5.84 Å². The van der Waals surface area contributed by atoms with Gasteiger partial charge in [-0.05, 0) is 63.0 Å². The van der Waals surface area contributed by atoms with Crippen LogP contribution in [0.25, 0.3) is 0 Å². The van der Waals surface area contributed by atoms with Crippen LogP contribution in [0.3, 0.4) is 0 Å². The third-order valence-electron chi connectivity index (χ3n) is 8.12. The summed E-state index contributed by atoms with van der Waals surface area (Å²) < 4.78 is 52.3. The first-order chi connectivity index (χ1) is 20.5. The number of nitrogens with zero attached hydrogens (tertiary/aromatic N) is 3. The molecule has 0 radical (unpaired) electrons. The number of aliphatic imine (C=N–C) groups is 1. The first kappa shape index (κ1) is 31.7. The number of carbonyl (C=O) groups excluding carboxylic acids is 3. The molecule has 1 unspecified atom stereocenters. The van der Waals surface area contributed by atoms with E-state index in [2.05, 4.69) is 15.2 Å². The highest BCUT2D eigenvalue weighted by molar-refractivity contribution is 5.96. The average Bonchev–Trinajstić information content (AvgIpc) is 3.00. The number of ether oxygens (including phenoxy) is 2. The normalized spacial score (nSPS) is 18.6. The minimum Gasteiger partial charge on any atom is -0.468 e. The Bertz CT molecular complexity index is 1420. The van der Waals surface area contributed by atoms with Gasteiger partial charge in [-0.3, -0.25) is 9.59 Å². The second-order valence-electron chi connectivity index (χ2n) is 10.6. The van der Waals surface area contributed by atoms with E-state index in [1.807, 2.05) is 30.3 Å². The predicted octanol–water partition coefficient (Wildman–Crippen LogP) is 3.65. The summed E-state index contributed by atoms with van der Waals surface area (Å²) in [7, 11) is 2.55. The Morgan fingerprint density at radius 3 is 2.21 bits per heavy atom. The van der Waals surface area contributed by atoms with E-state index in [1.165, 1.54) is 12.0 Å². The van der Waals surface area contributed by atoms with Crippen molar-refractivity contribution in [3.8, 4) is 0 Å². The summed E-state index contributed by atoms with van der Waals surface area (Å²) in [6.07, 6.45) is 1.13. The van der Waals surface area contributed by atoms with Gasteiger partial charge in [0.25, 0.3) is 0 Å². The van der Waals surface area contributed by atoms with E-state index in [-0.39, 0.29) is 29.3 Å². The van der Waals surface area contributed by atoms with E-state index in [0.717, 1.165) is 24.8 Å². The molecule has 1 atom stereocenters. The molecule has 230 valence electrons. The number of allylic oxidation sites excluding steroid dienone is 1. The molecule has 9 nitrogen and oxygen atoms in total. The highest BCUT2D eigenvalue weighted by atomic mass is 19.2. The first-order valence-corrected chi connectivity index (χ1v) is 13.9. The molecular formula is C31H35F3N4O5. The molecule has 0 spiro atoms. The van der Waals surface area contributed by atoms with Crippen LogP contribution in [0.15, 0.2) is 58.7 Å². The summed E-state index contributed by atoms with van der Waals surface area (Å²) in [5.41, 5.74) is 0.350. The van der Waals surface area contributed by atoms with Crippen molar-refractivity contribution in [1.29, 1.82) is 0 Å². The van der Waals surface area contributed by atoms with Crippen molar-refractivity contribution in [2.75, 3.05) is 46.9 Å². The second-order valence-corrected chi connectivity index (χ2v) is 10.6. The lowest BCUT2D eigenvalue weighted by molar-refractivity contribution is -0.149. The number of hydrogen-bond donors (Lipinski definition) is 1. The number of hydrogen-bond acceptors (Lipinski definition) is 8. The highest BCUT2D eigenvalue weighted by Crippen LogP contribution is 2.38. The minimum atomic E-state index is -1.64. The third kappa shape index (κ3) is 6.58. The summed E-state index contributed by atoms with van der Waals surface area (Å²) in [6.45, 7) is 4.90. The van der Waals surface area contributed by atoms with E-state index in [0.29, 0.717) is 44.9 Å². The number of likely N-dealkylation sites (tertiary alicyclic amines) is 1. The van der Waals surface area contributed by atoms with Crippen LogP contribution in [0.1, 0.15) is 43.9 Å². The molecule has 2 heterocycles. The lowest BCUT2D eigenvalue weighted by Crippen LogP contribution is -2.50. The number of amidine groups is 1. The summed E-state index contributed by atoms with van der Waals surface area (Å²) in [6, 6.07) is 10.0. The maximum atomic E-state index is 14.2. The maximum absolute atomic E-state index is 14.2. The van der Waals surface area contributed by atoms with Crippen LogP contribution >= 0.6 is 0 Å². The number of halogens is 3. The number of esters is 2. The van der Waals surface area contributed by atoms with Gasteiger partial charge >= 0.3 is 11.9 Å². The monoisotopic (exact) mass is 600 g/mol. The number of benzene rings is 2. The second kappa shape index (κ2) is 13.4. The zero-order valence-electron chi connectivity index (χ0n) is 24.6. The lowest BCUT2D eigenvalue weighted by Gasteiger charge is -2.40. The fourth-order valence-corrected chi connectivity index (χ4v) is 5.85. The number of methoxy groups -OCH3 is 2. The summed E-state index contributed by atoms with van der Waals surface area (Å²) in [5.74, 6) is -5.64. The molecule has 0 saturated carbocycles. The van der Waals surface area contributed by atoms with E-state index in [1.54, 1.807) is 13.8 Å². The van der Waals surface area contributed by atoms with Crippen LogP contribution in [0.4, 0.5) is 13.2 Å². The van der Waals surface area contributed by atoms with E-state index in [4.69, 9.17) is 9.47 Å². The van der Waals surface area contributed by atoms with E-state index >= 15 is 0 Å². The molecule has 2 aliphatic rings. The smallest absolute Gasteiger partial charge is 0.338 e. The van der Waals surface area contributed by atoms with E-state index < -0.39 is 40.8 Å². The zero-order valence-corrected chi connectivity index (χ0v) is 24.6. The largest absolute Gasteiger partial charge is 0.468 e. The number of rotatable bonds is 9. The topological polar surface area (TPSA) is 101 Å². The Morgan fingerprint density at radius 1 is 1.00 bits per heavy atom. The molecule has 2 aliphatic heterocycles. The average molecular weight is 601 g/mol. The molecule has 2 aromatic carbocycles. The van der Waals surface area contributed by atoms with E-state index in [9.17, 15) is 27.6 Å². The van der Waals surface area contributed by atoms with Crippen LogP contribution in [0.5, 0.6) is 0 Å². The molecule has 1 fully saturated rings. The molecule has 1 amide bonds. The Hall–Kier alpha value is -4.19. The van der Waals surface area contributed by atoms with Gasteiger partial charge in [0.15, 0.2) is 17.5 Å². The Labute approximate surface area is 248 Å². The van der Waals surface area contributed by atoms with Crippen molar-refractivity contribution >= 4 is 23.7 Å². The van der Waals surface area contributed by atoms with Crippen LogP contribution in [-0.4, -0.2) is 80.4 Å². The zero-order chi connectivity index (χ0) is 31.3. The fourth-order valence-electron chi connectivity index (χ4n) is 5.85. The van der Waals surface area contributed by atoms with Gasteiger partial charge in [-0.1, -0.05) is 30.3 Å². The number of piperidine rings is 1. The Kier molecular flexibility index (Phi) is 9.90. The van der Waals surface area contributed by atoms with Crippen molar-refractivity contribution in [2.24, 2.45) is 4.99 Å². The lowest BCUT2D eigenvalue weighted by atomic mass is 9.72. The Morgan fingerprint density at radius 2 is 1.63 bits per heavy atom.